The molecule has 0 spiro atoms. The van der Waals surface area contributed by atoms with Crippen LogP contribution in [0.2, 0.25) is 0 Å². The van der Waals surface area contributed by atoms with Crippen LogP contribution in [0.4, 0.5) is 0 Å². The first-order chi connectivity index (χ1) is 8.77. The Morgan fingerprint density at radius 3 is 2.56 bits per heavy atom. The molecule has 0 radical (unpaired) electrons. The molecule has 2 aromatic carbocycles. The molecule has 3 heteroatoms. The highest BCUT2D eigenvalue weighted by molar-refractivity contribution is 6.05. The van der Waals surface area contributed by atoms with E-state index in [1.54, 1.807) is 20.1 Å². The van der Waals surface area contributed by atoms with Gasteiger partial charge in [-0.2, -0.15) is 0 Å². The molecule has 0 aliphatic rings. The lowest BCUT2D eigenvalue weighted by Gasteiger charge is -2.10. The summed E-state index contributed by atoms with van der Waals surface area (Å²) in [4.78, 5) is 12.0. The smallest absolute Gasteiger partial charge is 0.338 e. The number of esters is 1. The first-order valence-electron chi connectivity index (χ1n) is 5.94. The van der Waals surface area contributed by atoms with Crippen LogP contribution in [0.1, 0.15) is 22.8 Å². The molecule has 0 fully saturated rings. The van der Waals surface area contributed by atoms with E-state index in [9.17, 15) is 4.79 Å². The third-order valence-electron chi connectivity index (χ3n) is 2.79. The minimum atomic E-state index is -0.286. The molecule has 0 aliphatic heterocycles. The molecular formula is C15H16O3. The van der Waals surface area contributed by atoms with Gasteiger partial charge in [0.2, 0.25) is 0 Å². The van der Waals surface area contributed by atoms with E-state index in [-0.39, 0.29) is 5.97 Å². The molecule has 0 heterocycles. The maximum atomic E-state index is 12.0. The minimum absolute atomic E-state index is 0.286. The van der Waals surface area contributed by atoms with Crippen molar-refractivity contribution in [1.82, 2.24) is 0 Å². The molecule has 3 nitrogen and oxygen atoms in total. The summed E-state index contributed by atoms with van der Waals surface area (Å²) in [6.07, 6.45) is 0. The van der Waals surface area contributed by atoms with Crippen molar-refractivity contribution in [3.8, 4) is 0 Å². The Labute approximate surface area is 106 Å². The van der Waals surface area contributed by atoms with Gasteiger partial charge in [-0.3, -0.25) is 0 Å². The number of benzene rings is 2. The second-order valence-corrected chi connectivity index (χ2v) is 3.97. The van der Waals surface area contributed by atoms with Crippen LogP contribution < -0.4 is 0 Å². The average molecular weight is 244 g/mol. The molecule has 0 aliphatic carbocycles. The van der Waals surface area contributed by atoms with Gasteiger partial charge >= 0.3 is 5.97 Å². The van der Waals surface area contributed by atoms with E-state index in [2.05, 4.69) is 0 Å². The Balaban J connectivity index is 2.61. The highest BCUT2D eigenvalue weighted by Gasteiger charge is 2.13. The van der Waals surface area contributed by atoms with Gasteiger partial charge in [0.1, 0.15) is 0 Å². The Bertz CT molecular complexity index is 555. The summed E-state index contributed by atoms with van der Waals surface area (Å²) in [6, 6.07) is 11.6. The summed E-state index contributed by atoms with van der Waals surface area (Å²) in [6.45, 7) is 2.66. The van der Waals surface area contributed by atoms with Gasteiger partial charge < -0.3 is 9.47 Å². The van der Waals surface area contributed by atoms with E-state index in [4.69, 9.17) is 9.47 Å². The van der Waals surface area contributed by atoms with Crippen molar-refractivity contribution >= 4 is 16.7 Å². The van der Waals surface area contributed by atoms with Crippen LogP contribution in [0.25, 0.3) is 10.8 Å². The lowest BCUT2D eigenvalue weighted by atomic mass is 9.99. The van der Waals surface area contributed by atoms with E-state index in [0.717, 1.165) is 16.3 Å². The monoisotopic (exact) mass is 244 g/mol. The zero-order valence-electron chi connectivity index (χ0n) is 10.6. The summed E-state index contributed by atoms with van der Waals surface area (Å²) in [5, 5.41) is 1.94. The Hall–Kier alpha value is -1.87. The van der Waals surface area contributed by atoms with Crippen LogP contribution in [0, 0.1) is 0 Å². The summed E-state index contributed by atoms with van der Waals surface area (Å²) in [5.74, 6) is -0.286. The molecule has 0 saturated heterocycles. The molecule has 0 atom stereocenters. The maximum Gasteiger partial charge on any atom is 0.338 e. The Morgan fingerprint density at radius 1 is 1.17 bits per heavy atom. The quantitative estimate of drug-likeness (QED) is 0.775. The molecular weight excluding hydrogens is 228 g/mol. The second-order valence-electron chi connectivity index (χ2n) is 3.97. The van der Waals surface area contributed by atoms with Gasteiger partial charge in [-0.05, 0) is 23.9 Å². The number of carbonyl (C=O) groups is 1. The molecule has 94 valence electrons. The fraction of sp³-hybridized carbons (Fsp3) is 0.267. The summed E-state index contributed by atoms with van der Waals surface area (Å²) in [7, 11) is 1.64. The van der Waals surface area contributed by atoms with Gasteiger partial charge in [0, 0.05) is 12.5 Å². The molecule has 0 N–H and O–H groups in total. The number of hydrogen-bond donors (Lipinski definition) is 0. The number of rotatable bonds is 4. The van der Waals surface area contributed by atoms with Crippen LogP contribution in [-0.4, -0.2) is 19.7 Å². The minimum Gasteiger partial charge on any atom is -0.462 e. The third-order valence-corrected chi connectivity index (χ3v) is 2.79. The summed E-state index contributed by atoms with van der Waals surface area (Å²) < 4.78 is 10.3. The van der Waals surface area contributed by atoms with Crippen molar-refractivity contribution < 1.29 is 14.3 Å². The first kappa shape index (κ1) is 12.6. The van der Waals surface area contributed by atoms with E-state index >= 15 is 0 Å². The van der Waals surface area contributed by atoms with Gasteiger partial charge in [0.25, 0.3) is 0 Å². The highest BCUT2D eigenvalue weighted by Crippen LogP contribution is 2.24. The van der Waals surface area contributed by atoms with Crippen molar-refractivity contribution in [3.05, 3.63) is 47.5 Å². The maximum absolute atomic E-state index is 12.0. The van der Waals surface area contributed by atoms with E-state index in [1.807, 2.05) is 30.3 Å². The van der Waals surface area contributed by atoms with Gasteiger partial charge in [-0.15, -0.1) is 0 Å². The topological polar surface area (TPSA) is 35.5 Å². The fourth-order valence-corrected chi connectivity index (χ4v) is 2.07. The van der Waals surface area contributed by atoms with Crippen LogP contribution in [0.3, 0.4) is 0 Å². The van der Waals surface area contributed by atoms with Crippen molar-refractivity contribution in [3.63, 3.8) is 0 Å². The van der Waals surface area contributed by atoms with Crippen LogP contribution in [0.5, 0.6) is 0 Å². The van der Waals surface area contributed by atoms with Gasteiger partial charge in [0.15, 0.2) is 0 Å². The van der Waals surface area contributed by atoms with Crippen molar-refractivity contribution in [1.29, 1.82) is 0 Å². The number of ether oxygens (including phenoxy) is 2. The predicted molar refractivity (Wildman–Crippen MR) is 70.6 cm³/mol. The standard InChI is InChI=1S/C15H16O3/c1-3-18-15(16)13-9-5-7-11-6-4-8-12(10-17-2)14(11)13/h4-9H,3,10H2,1-2H3. The molecule has 0 bridgehead atoms. The average Bonchev–Trinajstić information content (AvgIpc) is 2.39. The normalized spacial score (nSPS) is 10.6. The van der Waals surface area contributed by atoms with Crippen molar-refractivity contribution in [2.24, 2.45) is 0 Å². The van der Waals surface area contributed by atoms with E-state index < -0.39 is 0 Å². The Morgan fingerprint density at radius 2 is 1.89 bits per heavy atom. The van der Waals surface area contributed by atoms with Gasteiger partial charge in [0.05, 0.1) is 18.8 Å². The molecule has 0 saturated carbocycles. The number of fused-ring (bicyclic) bond motifs is 1. The molecule has 2 rings (SSSR count). The van der Waals surface area contributed by atoms with Crippen LogP contribution >= 0.6 is 0 Å². The number of hydrogen-bond acceptors (Lipinski definition) is 3. The lowest BCUT2D eigenvalue weighted by Crippen LogP contribution is -2.06. The molecule has 2 aromatic rings. The molecule has 0 amide bonds. The SMILES string of the molecule is CCOC(=O)c1cccc2cccc(COC)c12. The van der Waals surface area contributed by atoms with E-state index in [1.165, 1.54) is 0 Å². The molecule has 18 heavy (non-hydrogen) atoms. The predicted octanol–water partition coefficient (Wildman–Crippen LogP) is 3.16. The summed E-state index contributed by atoms with van der Waals surface area (Å²) >= 11 is 0. The second kappa shape index (κ2) is 5.65. The van der Waals surface area contributed by atoms with Crippen molar-refractivity contribution in [2.45, 2.75) is 13.5 Å². The zero-order valence-corrected chi connectivity index (χ0v) is 10.6. The highest BCUT2D eigenvalue weighted by atomic mass is 16.5. The molecule has 0 aromatic heterocycles. The zero-order chi connectivity index (χ0) is 13.0. The largest absolute Gasteiger partial charge is 0.462 e. The number of carbonyl (C=O) groups excluding carboxylic acids is 1. The third kappa shape index (κ3) is 2.36. The van der Waals surface area contributed by atoms with Crippen LogP contribution in [-0.2, 0) is 16.1 Å². The van der Waals surface area contributed by atoms with Gasteiger partial charge in [-0.1, -0.05) is 30.3 Å². The van der Waals surface area contributed by atoms with Crippen molar-refractivity contribution in [2.75, 3.05) is 13.7 Å². The fourth-order valence-electron chi connectivity index (χ4n) is 2.07. The Kier molecular flexibility index (Phi) is 3.95. The van der Waals surface area contributed by atoms with E-state index in [0.29, 0.717) is 18.8 Å². The number of methoxy groups -OCH3 is 1. The lowest BCUT2D eigenvalue weighted by molar-refractivity contribution is 0.0528. The van der Waals surface area contributed by atoms with Gasteiger partial charge in [-0.25, -0.2) is 4.79 Å². The molecule has 0 unspecified atom stereocenters. The summed E-state index contributed by atoms with van der Waals surface area (Å²) in [5.41, 5.74) is 1.60. The van der Waals surface area contributed by atoms with Crippen LogP contribution in [0.15, 0.2) is 36.4 Å². The first-order valence-corrected chi connectivity index (χ1v) is 5.94.